The lowest BCUT2D eigenvalue weighted by molar-refractivity contribution is -0.0532. The molecule has 4 aromatic rings. The molecule has 3 aromatic carbocycles. The van der Waals surface area contributed by atoms with Crippen molar-refractivity contribution in [1.82, 2.24) is 20.2 Å². The number of nitrogens with zero attached hydrogens (tertiary/aromatic N) is 4. The van der Waals surface area contributed by atoms with E-state index >= 15 is 4.39 Å². The summed E-state index contributed by atoms with van der Waals surface area (Å²) < 4.78 is 27.9. The van der Waals surface area contributed by atoms with E-state index in [9.17, 15) is 5.11 Å². The van der Waals surface area contributed by atoms with Crippen LogP contribution in [0.2, 0.25) is 0 Å². The number of ether oxygens (including phenoxy) is 2. The number of hydrogen-bond acceptors (Lipinski definition) is 8. The van der Waals surface area contributed by atoms with E-state index in [-0.39, 0.29) is 28.2 Å². The highest BCUT2D eigenvalue weighted by Crippen LogP contribution is 2.49. The van der Waals surface area contributed by atoms with Crippen LogP contribution < -0.4 is 15.0 Å². The summed E-state index contributed by atoms with van der Waals surface area (Å²) in [4.78, 5) is 15.3. The van der Waals surface area contributed by atoms with E-state index in [1.165, 1.54) is 18.9 Å². The SMILES string of the molecule is C#Cc1c(F)ccc2cc(O)cc(-c3c(C(C)C)cc4c(N5CC6CCC(C5)N6)nc(OCC5(CN6CCOC7(CC7)C6)CC5)nc4c3C)c12. The Balaban J connectivity index is 1.16. The molecule has 2 N–H and O–H groups in total. The summed E-state index contributed by atoms with van der Waals surface area (Å²) in [5, 5.41) is 17.0. The fourth-order valence-electron chi connectivity index (χ4n) is 8.99. The third-order valence-corrected chi connectivity index (χ3v) is 12.0. The van der Waals surface area contributed by atoms with E-state index in [0.717, 1.165) is 98.4 Å². The molecule has 3 saturated heterocycles. The van der Waals surface area contributed by atoms with Gasteiger partial charge in [-0.05, 0) is 103 Å². The van der Waals surface area contributed by atoms with Gasteiger partial charge in [0.15, 0.2) is 0 Å². The molecule has 9 rings (SSSR count). The second-order valence-electron chi connectivity index (χ2n) is 16.1. The Bertz CT molecular complexity index is 2050. The van der Waals surface area contributed by atoms with Crippen LogP contribution in [-0.2, 0) is 4.74 Å². The van der Waals surface area contributed by atoms with Crippen LogP contribution in [0.25, 0.3) is 32.8 Å². The molecule has 260 valence electrons. The average molecular weight is 676 g/mol. The van der Waals surface area contributed by atoms with E-state index < -0.39 is 5.82 Å². The molecule has 50 heavy (non-hydrogen) atoms. The zero-order valence-electron chi connectivity index (χ0n) is 29.3. The number of aromatic hydroxyl groups is 1. The molecule has 1 aromatic heterocycles. The smallest absolute Gasteiger partial charge is 0.318 e. The van der Waals surface area contributed by atoms with Crippen molar-refractivity contribution in [3.05, 3.63) is 52.8 Å². The van der Waals surface area contributed by atoms with E-state index in [1.807, 2.05) is 0 Å². The first kappa shape index (κ1) is 32.0. The molecule has 2 unspecified atom stereocenters. The normalized spacial score (nSPS) is 23.6. The van der Waals surface area contributed by atoms with Gasteiger partial charge < -0.3 is 24.8 Å². The lowest BCUT2D eigenvalue weighted by Crippen LogP contribution is -2.51. The molecular formula is C41H46FN5O3. The minimum absolute atomic E-state index is 0.0996. The van der Waals surface area contributed by atoms with E-state index in [0.29, 0.717) is 41.0 Å². The maximum absolute atomic E-state index is 15.2. The number of halogens is 1. The first-order valence-electron chi connectivity index (χ1n) is 18.4. The molecule has 2 atom stereocenters. The van der Waals surface area contributed by atoms with Crippen LogP contribution in [0.15, 0.2) is 30.3 Å². The molecule has 3 aliphatic heterocycles. The first-order chi connectivity index (χ1) is 24.1. The quantitative estimate of drug-likeness (QED) is 0.201. The molecule has 0 radical (unpaired) electrons. The zero-order valence-corrected chi connectivity index (χ0v) is 29.3. The lowest BCUT2D eigenvalue weighted by atomic mass is 9.84. The van der Waals surface area contributed by atoms with Gasteiger partial charge in [0.2, 0.25) is 0 Å². The second kappa shape index (κ2) is 11.8. The molecule has 9 heteroatoms. The van der Waals surface area contributed by atoms with Gasteiger partial charge in [0.05, 0.1) is 29.9 Å². The number of aromatic nitrogens is 2. The molecule has 2 saturated carbocycles. The largest absolute Gasteiger partial charge is 0.508 e. The molecular weight excluding hydrogens is 629 g/mol. The molecule has 2 bridgehead atoms. The Labute approximate surface area is 293 Å². The maximum Gasteiger partial charge on any atom is 0.318 e. The number of hydrogen-bond donors (Lipinski definition) is 2. The standard InChI is InChI=1S/C41H46FN5O3/c1-5-30-34(42)9-6-26-16-29(48)17-32(36(26)30)35-25(4)37-33(18-31(35)24(2)3)38(47-19-27-7-8-28(20-47)43-27)45-39(44-37)49-23-40(10-11-40)21-46-14-15-50-41(22-46)12-13-41/h1,6,9,16-18,24,27-28,43,48H,7-8,10-15,19-23H2,2-4H3. The number of aryl methyl sites for hydroxylation is 1. The van der Waals surface area contributed by atoms with Crippen molar-refractivity contribution in [1.29, 1.82) is 0 Å². The summed E-state index contributed by atoms with van der Waals surface area (Å²) in [6.45, 7) is 12.5. The average Bonchev–Trinajstić information content (AvgIpc) is 4.02. The fraction of sp³-hybridized carbons (Fsp3) is 0.512. The highest BCUT2D eigenvalue weighted by atomic mass is 19.1. The topological polar surface area (TPSA) is 83.0 Å². The van der Waals surface area contributed by atoms with Crippen molar-refractivity contribution in [2.24, 2.45) is 5.41 Å². The number of benzene rings is 3. The summed E-state index contributed by atoms with van der Waals surface area (Å²) >= 11 is 0. The van der Waals surface area contributed by atoms with Crippen LogP contribution in [0.5, 0.6) is 11.8 Å². The van der Waals surface area contributed by atoms with Gasteiger partial charge in [-0.25, -0.2) is 4.39 Å². The summed E-state index contributed by atoms with van der Waals surface area (Å²) in [5.41, 5.74) is 4.82. The van der Waals surface area contributed by atoms with Gasteiger partial charge in [-0.15, -0.1) is 6.42 Å². The predicted molar refractivity (Wildman–Crippen MR) is 195 cm³/mol. The second-order valence-corrected chi connectivity index (χ2v) is 16.1. The van der Waals surface area contributed by atoms with Crippen LogP contribution in [0.3, 0.4) is 0 Å². The van der Waals surface area contributed by atoms with Crippen molar-refractivity contribution in [3.8, 4) is 35.2 Å². The number of nitrogens with one attached hydrogen (secondary N) is 1. The number of terminal acetylenes is 1. The van der Waals surface area contributed by atoms with E-state index in [2.05, 4.69) is 47.9 Å². The predicted octanol–water partition coefficient (Wildman–Crippen LogP) is 6.67. The van der Waals surface area contributed by atoms with Gasteiger partial charge in [0.25, 0.3) is 0 Å². The van der Waals surface area contributed by atoms with Gasteiger partial charge in [0, 0.05) is 61.0 Å². The van der Waals surface area contributed by atoms with Crippen molar-refractivity contribution >= 4 is 27.5 Å². The summed E-state index contributed by atoms with van der Waals surface area (Å²) in [6.07, 6.45) is 12.9. The number of rotatable bonds is 8. The Kier molecular flexibility index (Phi) is 7.54. The number of piperazine rings is 1. The number of fused-ring (bicyclic) bond motifs is 4. The molecule has 0 amide bonds. The summed E-state index contributed by atoms with van der Waals surface area (Å²) in [6, 6.07) is 9.88. The maximum atomic E-state index is 15.2. The van der Waals surface area contributed by atoms with Crippen molar-refractivity contribution in [2.45, 2.75) is 82.9 Å². The Morgan fingerprint density at radius 3 is 2.60 bits per heavy atom. The minimum atomic E-state index is -0.455. The van der Waals surface area contributed by atoms with Gasteiger partial charge >= 0.3 is 6.01 Å². The fourth-order valence-corrected chi connectivity index (χ4v) is 8.99. The molecule has 1 spiro atoms. The summed E-state index contributed by atoms with van der Waals surface area (Å²) in [7, 11) is 0. The van der Waals surface area contributed by atoms with Gasteiger partial charge in [0.1, 0.15) is 17.4 Å². The summed E-state index contributed by atoms with van der Waals surface area (Å²) in [5.74, 6) is 3.26. The Hall–Kier alpha value is -3.97. The lowest BCUT2D eigenvalue weighted by Gasteiger charge is -2.35. The first-order valence-corrected chi connectivity index (χ1v) is 18.4. The number of morpholine rings is 1. The number of phenolic OH excluding ortho intramolecular Hbond substituents is 1. The molecule has 4 heterocycles. The number of phenols is 1. The third-order valence-electron chi connectivity index (χ3n) is 12.0. The van der Waals surface area contributed by atoms with Crippen LogP contribution >= 0.6 is 0 Å². The third kappa shape index (κ3) is 5.57. The Morgan fingerprint density at radius 2 is 1.90 bits per heavy atom. The van der Waals surface area contributed by atoms with Crippen molar-refractivity contribution in [3.63, 3.8) is 0 Å². The van der Waals surface area contributed by atoms with Crippen LogP contribution in [0, 0.1) is 30.5 Å². The highest BCUT2D eigenvalue weighted by molar-refractivity contribution is 6.06. The van der Waals surface area contributed by atoms with Gasteiger partial charge in [-0.1, -0.05) is 25.8 Å². The van der Waals surface area contributed by atoms with Crippen LogP contribution in [0.1, 0.15) is 75.0 Å². The van der Waals surface area contributed by atoms with Gasteiger partial charge in [-0.3, -0.25) is 4.90 Å². The molecule has 8 nitrogen and oxygen atoms in total. The van der Waals surface area contributed by atoms with E-state index in [4.69, 9.17) is 25.9 Å². The van der Waals surface area contributed by atoms with Crippen LogP contribution in [-0.4, -0.2) is 83.6 Å². The zero-order chi connectivity index (χ0) is 34.4. The molecule has 5 aliphatic rings. The molecule has 5 fully saturated rings. The van der Waals surface area contributed by atoms with Gasteiger partial charge in [-0.2, -0.15) is 9.97 Å². The minimum Gasteiger partial charge on any atom is -0.508 e. The highest BCUT2D eigenvalue weighted by Gasteiger charge is 2.51. The van der Waals surface area contributed by atoms with Crippen LogP contribution in [0.4, 0.5) is 10.2 Å². The van der Waals surface area contributed by atoms with Crippen molar-refractivity contribution in [2.75, 3.05) is 50.8 Å². The van der Waals surface area contributed by atoms with Crippen molar-refractivity contribution < 1.29 is 19.0 Å². The molecule has 2 aliphatic carbocycles. The monoisotopic (exact) mass is 675 g/mol. The Morgan fingerprint density at radius 1 is 1.12 bits per heavy atom. The number of anilines is 1. The van der Waals surface area contributed by atoms with E-state index in [1.54, 1.807) is 18.2 Å².